The topological polar surface area (TPSA) is 57.7 Å². The average Bonchev–Trinajstić information content (AvgIpc) is 3.11. The molecule has 2 heterocycles. The van der Waals surface area contributed by atoms with E-state index in [1.165, 1.54) is 4.31 Å². The molecule has 3 rings (SSSR count). The van der Waals surface area contributed by atoms with Gasteiger partial charge in [-0.05, 0) is 50.3 Å². The number of rotatable bonds is 3. The molecule has 0 radical (unpaired) electrons. The van der Waals surface area contributed by atoms with Gasteiger partial charge in [-0.15, -0.1) is 0 Å². The van der Waals surface area contributed by atoms with E-state index in [0.29, 0.717) is 23.6 Å². The van der Waals surface area contributed by atoms with Crippen LogP contribution in [0.5, 0.6) is 0 Å². The molecule has 132 valence electrons. The molecular weight excluding hydrogens is 348 g/mol. The fourth-order valence-corrected chi connectivity index (χ4v) is 5.71. The Bertz CT molecular complexity index is 729. The van der Waals surface area contributed by atoms with Gasteiger partial charge >= 0.3 is 0 Å². The molecule has 0 aromatic heterocycles. The first-order valence-corrected chi connectivity index (χ1v) is 10.3. The van der Waals surface area contributed by atoms with E-state index in [0.717, 1.165) is 38.8 Å². The molecule has 2 saturated heterocycles. The predicted molar refractivity (Wildman–Crippen MR) is 93.5 cm³/mol. The van der Waals surface area contributed by atoms with Gasteiger partial charge < -0.3 is 4.90 Å². The smallest absolute Gasteiger partial charge is 0.244 e. The van der Waals surface area contributed by atoms with Crippen LogP contribution < -0.4 is 0 Å². The van der Waals surface area contributed by atoms with Gasteiger partial charge in [0.05, 0.1) is 4.90 Å². The summed E-state index contributed by atoms with van der Waals surface area (Å²) in [4.78, 5) is 14.8. The summed E-state index contributed by atoms with van der Waals surface area (Å²) < 4.78 is 27.8. The van der Waals surface area contributed by atoms with Crippen LogP contribution in [0.4, 0.5) is 0 Å². The first-order chi connectivity index (χ1) is 11.4. The zero-order valence-electron chi connectivity index (χ0n) is 13.9. The fraction of sp³-hybridized carbons (Fsp3) is 0.588. The lowest BCUT2D eigenvalue weighted by Gasteiger charge is -2.36. The van der Waals surface area contributed by atoms with E-state index in [1.807, 2.05) is 4.90 Å². The maximum Gasteiger partial charge on any atom is 0.244 e. The minimum Gasteiger partial charge on any atom is -0.341 e. The molecule has 24 heavy (non-hydrogen) atoms. The van der Waals surface area contributed by atoms with Gasteiger partial charge in [-0.3, -0.25) is 4.79 Å². The summed E-state index contributed by atoms with van der Waals surface area (Å²) in [7, 11) is -3.74. The summed E-state index contributed by atoms with van der Waals surface area (Å²) >= 11 is 6.10. The Morgan fingerprint density at radius 2 is 1.79 bits per heavy atom. The summed E-state index contributed by atoms with van der Waals surface area (Å²) in [5.74, 6) is -0.0459. The first kappa shape index (κ1) is 17.7. The van der Waals surface area contributed by atoms with E-state index in [4.69, 9.17) is 11.6 Å². The SMILES string of the molecule is Cc1c(Cl)cccc1S(=O)(=O)N1CCCCC1C(=O)N1CCCC1. The highest BCUT2D eigenvalue weighted by atomic mass is 35.5. The van der Waals surface area contributed by atoms with Crippen LogP contribution in [0.1, 0.15) is 37.7 Å². The molecule has 1 aromatic carbocycles. The number of hydrogen-bond donors (Lipinski definition) is 0. The molecular formula is C17H23ClN2O3S. The van der Waals surface area contributed by atoms with Crippen molar-refractivity contribution in [1.29, 1.82) is 0 Å². The van der Waals surface area contributed by atoms with Crippen LogP contribution in [0.15, 0.2) is 23.1 Å². The Morgan fingerprint density at radius 3 is 2.50 bits per heavy atom. The molecule has 2 aliphatic rings. The molecule has 1 amide bonds. The van der Waals surface area contributed by atoms with Gasteiger partial charge in [0.2, 0.25) is 15.9 Å². The van der Waals surface area contributed by atoms with Crippen molar-refractivity contribution in [1.82, 2.24) is 9.21 Å². The Hall–Kier alpha value is -1.11. The van der Waals surface area contributed by atoms with E-state index < -0.39 is 16.1 Å². The van der Waals surface area contributed by atoms with E-state index in [-0.39, 0.29) is 10.8 Å². The molecule has 1 atom stereocenters. The summed E-state index contributed by atoms with van der Waals surface area (Å²) in [6.07, 6.45) is 4.25. The average molecular weight is 371 g/mol. The fourth-order valence-electron chi connectivity index (χ4n) is 3.58. The molecule has 0 saturated carbocycles. The number of carbonyl (C=O) groups is 1. The number of carbonyl (C=O) groups excluding carboxylic acids is 1. The van der Waals surface area contributed by atoms with Crippen molar-refractivity contribution in [3.8, 4) is 0 Å². The molecule has 1 aromatic rings. The Kier molecular flexibility index (Phi) is 5.18. The lowest BCUT2D eigenvalue weighted by molar-refractivity contribution is -0.135. The number of amides is 1. The minimum atomic E-state index is -3.74. The third kappa shape index (κ3) is 3.19. The number of nitrogens with zero attached hydrogens (tertiary/aromatic N) is 2. The van der Waals surface area contributed by atoms with Gasteiger partial charge in [0, 0.05) is 24.7 Å². The molecule has 0 N–H and O–H groups in total. The highest BCUT2D eigenvalue weighted by molar-refractivity contribution is 7.89. The number of halogens is 1. The molecule has 2 aliphatic heterocycles. The molecule has 7 heteroatoms. The molecule has 2 fully saturated rings. The van der Waals surface area contributed by atoms with Crippen molar-refractivity contribution in [2.45, 2.75) is 50.0 Å². The Balaban J connectivity index is 1.94. The second-order valence-electron chi connectivity index (χ2n) is 6.52. The van der Waals surface area contributed by atoms with Crippen molar-refractivity contribution >= 4 is 27.5 Å². The quantitative estimate of drug-likeness (QED) is 0.822. The number of piperidine rings is 1. The number of hydrogen-bond acceptors (Lipinski definition) is 3. The van der Waals surface area contributed by atoms with Gasteiger partial charge in [0.15, 0.2) is 0 Å². The van der Waals surface area contributed by atoms with Crippen molar-refractivity contribution in [2.24, 2.45) is 0 Å². The van der Waals surface area contributed by atoms with Crippen molar-refractivity contribution in [3.63, 3.8) is 0 Å². The summed E-state index contributed by atoms with van der Waals surface area (Å²) in [6.45, 7) is 3.56. The lowest BCUT2D eigenvalue weighted by atomic mass is 10.0. The monoisotopic (exact) mass is 370 g/mol. The van der Waals surface area contributed by atoms with Gasteiger partial charge in [-0.2, -0.15) is 4.31 Å². The molecule has 1 unspecified atom stereocenters. The van der Waals surface area contributed by atoms with Crippen LogP contribution >= 0.6 is 11.6 Å². The molecule has 0 spiro atoms. The van der Waals surface area contributed by atoms with Gasteiger partial charge in [-0.25, -0.2) is 8.42 Å². The maximum atomic E-state index is 13.2. The normalized spacial score (nSPS) is 22.8. The zero-order valence-corrected chi connectivity index (χ0v) is 15.4. The van der Waals surface area contributed by atoms with Crippen LogP contribution in [0.2, 0.25) is 5.02 Å². The first-order valence-electron chi connectivity index (χ1n) is 8.48. The summed E-state index contributed by atoms with van der Waals surface area (Å²) in [6, 6.07) is 4.31. The number of benzene rings is 1. The number of likely N-dealkylation sites (tertiary alicyclic amines) is 1. The Labute approximate surface area is 148 Å². The van der Waals surface area contributed by atoms with Crippen molar-refractivity contribution < 1.29 is 13.2 Å². The highest BCUT2D eigenvalue weighted by Gasteiger charge is 2.40. The third-order valence-electron chi connectivity index (χ3n) is 4.96. The van der Waals surface area contributed by atoms with E-state index in [1.54, 1.807) is 25.1 Å². The zero-order chi connectivity index (χ0) is 17.3. The van der Waals surface area contributed by atoms with Gasteiger partial charge in [0.1, 0.15) is 6.04 Å². The standard InChI is InChI=1S/C17H23ClN2O3S/c1-13-14(18)7-6-9-16(13)24(22,23)20-12-3-2-8-15(20)17(21)19-10-4-5-11-19/h6-7,9,15H,2-5,8,10-12H2,1H3. The Morgan fingerprint density at radius 1 is 1.12 bits per heavy atom. The van der Waals surface area contributed by atoms with Crippen LogP contribution in [0.3, 0.4) is 0 Å². The van der Waals surface area contributed by atoms with Crippen LogP contribution in [0.25, 0.3) is 0 Å². The van der Waals surface area contributed by atoms with Crippen molar-refractivity contribution in [3.05, 3.63) is 28.8 Å². The minimum absolute atomic E-state index is 0.0459. The van der Waals surface area contributed by atoms with E-state index in [2.05, 4.69) is 0 Å². The molecule has 0 bridgehead atoms. The summed E-state index contributed by atoms with van der Waals surface area (Å²) in [5, 5.41) is 0.426. The third-order valence-corrected chi connectivity index (χ3v) is 7.42. The van der Waals surface area contributed by atoms with Crippen LogP contribution in [0, 0.1) is 6.92 Å². The molecule has 0 aliphatic carbocycles. The van der Waals surface area contributed by atoms with Crippen LogP contribution in [-0.2, 0) is 14.8 Å². The van der Waals surface area contributed by atoms with Crippen LogP contribution in [-0.4, -0.2) is 49.2 Å². The van der Waals surface area contributed by atoms with Crippen molar-refractivity contribution in [2.75, 3.05) is 19.6 Å². The van der Waals surface area contributed by atoms with E-state index >= 15 is 0 Å². The van der Waals surface area contributed by atoms with Gasteiger partial charge in [-0.1, -0.05) is 24.1 Å². The second kappa shape index (κ2) is 7.02. The highest BCUT2D eigenvalue weighted by Crippen LogP contribution is 2.31. The number of sulfonamides is 1. The lowest BCUT2D eigenvalue weighted by Crippen LogP contribution is -2.52. The summed E-state index contributed by atoms with van der Waals surface area (Å²) in [5.41, 5.74) is 0.539. The molecule has 5 nitrogen and oxygen atoms in total. The predicted octanol–water partition coefficient (Wildman–Crippen LogP) is 2.81. The largest absolute Gasteiger partial charge is 0.341 e. The van der Waals surface area contributed by atoms with E-state index in [9.17, 15) is 13.2 Å². The maximum absolute atomic E-state index is 13.2. The second-order valence-corrected chi connectivity index (χ2v) is 8.79. The van der Waals surface area contributed by atoms with Gasteiger partial charge in [0.25, 0.3) is 0 Å².